The zero-order valence-corrected chi connectivity index (χ0v) is 47.5. The van der Waals surface area contributed by atoms with Gasteiger partial charge in [-0.05, 0) is 126 Å². The van der Waals surface area contributed by atoms with E-state index in [1.165, 1.54) is 21.3 Å². The number of carbonyl (C=O) groups excluding carboxylic acids is 7. The van der Waals surface area contributed by atoms with Gasteiger partial charge in [0.2, 0.25) is 5.79 Å². The van der Waals surface area contributed by atoms with Gasteiger partial charge < -0.3 is 43.6 Å². The van der Waals surface area contributed by atoms with Gasteiger partial charge in [0.05, 0.1) is 31.2 Å². The lowest BCUT2D eigenvalue weighted by Gasteiger charge is -2.43. The number of allylic oxidation sites excluding steroid dienone is 6. The Bertz CT molecular complexity index is 2160. The number of aliphatic hydroxyl groups excluding tert-OH is 1. The van der Waals surface area contributed by atoms with Crippen molar-refractivity contribution in [1.29, 1.82) is 0 Å². The van der Waals surface area contributed by atoms with Crippen LogP contribution in [0.5, 0.6) is 0 Å². The van der Waals surface area contributed by atoms with Crippen molar-refractivity contribution in [2.45, 2.75) is 200 Å². The lowest BCUT2D eigenvalue weighted by atomic mass is 9.75. The summed E-state index contributed by atoms with van der Waals surface area (Å²) in [7, 11) is 4.00. The van der Waals surface area contributed by atoms with Crippen LogP contribution < -0.4 is 0 Å². The van der Waals surface area contributed by atoms with Crippen LogP contribution in [0.4, 0.5) is 4.79 Å². The van der Waals surface area contributed by atoms with Gasteiger partial charge in [-0.25, -0.2) is 14.4 Å². The summed E-state index contributed by atoms with van der Waals surface area (Å²) in [5.41, 5.74) is 0.817. The molecule has 4 rings (SSSR count). The average Bonchev–Trinajstić information content (AvgIpc) is 3.39. The Balaban J connectivity index is 1.75. The second kappa shape index (κ2) is 30.1. The average molecular weight is 1090 g/mol. The molecule has 4 N–H and O–H groups in total. The smallest absolute Gasteiger partial charge is 0.434 e. The van der Waals surface area contributed by atoms with E-state index in [0.29, 0.717) is 72.8 Å². The van der Waals surface area contributed by atoms with Gasteiger partial charge in [-0.2, -0.15) is 5.06 Å². The minimum Gasteiger partial charge on any atom is -0.460 e. The summed E-state index contributed by atoms with van der Waals surface area (Å²) in [5.74, 6) is -10.8. The van der Waals surface area contributed by atoms with Gasteiger partial charge in [0.15, 0.2) is 5.78 Å². The number of esters is 1. The monoisotopic (exact) mass is 1090 g/mol. The Morgan fingerprint density at radius 2 is 1.60 bits per heavy atom. The highest BCUT2D eigenvalue weighted by Crippen LogP contribution is 2.39. The third kappa shape index (κ3) is 17.7. The van der Waals surface area contributed by atoms with Crippen molar-refractivity contribution in [3.63, 3.8) is 0 Å². The maximum absolute atomic E-state index is 14.6. The molecule has 4 aliphatic rings. The van der Waals surface area contributed by atoms with Crippen LogP contribution in [0.3, 0.4) is 0 Å². The molecule has 434 valence electrons. The van der Waals surface area contributed by atoms with Gasteiger partial charge >= 0.3 is 18.0 Å². The van der Waals surface area contributed by atoms with E-state index in [4.69, 9.17) is 28.5 Å². The molecule has 2 bridgehead atoms. The summed E-state index contributed by atoms with van der Waals surface area (Å²) in [5, 5.41) is 45.4. The van der Waals surface area contributed by atoms with Crippen molar-refractivity contribution in [2.75, 3.05) is 27.8 Å². The number of ether oxygens (including phenoxy) is 5. The molecule has 1 aliphatic carbocycles. The van der Waals surface area contributed by atoms with Crippen LogP contribution in [0.1, 0.15) is 146 Å². The van der Waals surface area contributed by atoms with Gasteiger partial charge in [-0.15, -0.1) is 0 Å². The first-order valence-electron chi connectivity index (χ1n) is 27.6. The predicted molar refractivity (Wildman–Crippen MR) is 281 cm³/mol. The number of rotatable bonds is 10. The van der Waals surface area contributed by atoms with Crippen LogP contribution >= 0.6 is 0 Å². The summed E-state index contributed by atoms with van der Waals surface area (Å²) in [6.07, 6.45) is 7.51. The largest absolute Gasteiger partial charge is 0.460 e. The third-order valence-electron chi connectivity index (χ3n) is 16.1. The Morgan fingerprint density at radius 1 is 0.896 bits per heavy atom. The maximum Gasteiger partial charge on any atom is 0.434 e. The fraction of sp³-hybridized carbons (Fsp3) is 0.737. The van der Waals surface area contributed by atoms with Crippen LogP contribution in [0.25, 0.3) is 0 Å². The van der Waals surface area contributed by atoms with Crippen LogP contribution in [0, 0.1) is 41.4 Å². The Hall–Kier alpha value is -4.67. The van der Waals surface area contributed by atoms with Gasteiger partial charge in [0.1, 0.15) is 36.2 Å². The van der Waals surface area contributed by atoms with E-state index in [2.05, 4.69) is 0 Å². The first-order valence-corrected chi connectivity index (χ1v) is 27.6. The van der Waals surface area contributed by atoms with Crippen molar-refractivity contribution in [3.05, 3.63) is 47.6 Å². The number of hydroxylamine groups is 4. The van der Waals surface area contributed by atoms with E-state index in [0.717, 1.165) is 4.90 Å². The number of Topliss-reactive ketones (excluding diaryl/α,β-unsaturated/α-hetero) is 3. The van der Waals surface area contributed by atoms with E-state index >= 15 is 0 Å². The van der Waals surface area contributed by atoms with Crippen molar-refractivity contribution in [3.8, 4) is 0 Å². The zero-order chi connectivity index (χ0) is 57.5. The second-order valence-corrected chi connectivity index (χ2v) is 22.2. The molecular weight excluding hydrogens is 999 g/mol. The molecule has 1 unspecified atom stereocenters. The van der Waals surface area contributed by atoms with Gasteiger partial charge in [-0.3, -0.25) is 29.6 Å². The number of hydrogen-bond acceptors (Lipinski definition) is 18. The van der Waals surface area contributed by atoms with E-state index in [9.17, 15) is 54.2 Å². The van der Waals surface area contributed by atoms with Crippen molar-refractivity contribution in [2.24, 2.45) is 41.4 Å². The molecule has 0 aromatic rings. The Labute approximate surface area is 455 Å². The minimum atomic E-state index is -2.65. The van der Waals surface area contributed by atoms with E-state index in [-0.39, 0.29) is 62.1 Å². The highest BCUT2D eigenvalue weighted by Gasteiger charge is 2.53. The summed E-state index contributed by atoms with van der Waals surface area (Å²) in [6.45, 7) is 15.5. The van der Waals surface area contributed by atoms with E-state index < -0.39 is 114 Å². The number of carbonyl (C=O) groups is 7. The molecule has 16 atom stereocenters. The van der Waals surface area contributed by atoms with Gasteiger partial charge in [-0.1, -0.05) is 78.0 Å². The molecule has 2 amide bonds. The van der Waals surface area contributed by atoms with E-state index in [1.54, 1.807) is 71.9 Å². The zero-order valence-electron chi connectivity index (χ0n) is 47.5. The SMILES string of the molecule is CCC(C)OC(=O)N(O)[C@@H]1C[C@@H]2CC[C@@H](C)[C@@](O)(O2)C(=O)C(=O)N2CCCC[C@H]2C(=O)O[C@H]([C@H](C)C[C@@H]2CC[C@@H](C(=O)ON(C)O)[C@H](OC)C2)CC(=O)[C@H](C)/C=C(\C)[C@@H](O)[C@@H](OC)C(=O)[C@H](C)C[C@H](C)/C=C/C=C/C=C/1C. The first-order chi connectivity index (χ1) is 36.3. The van der Waals surface area contributed by atoms with Crippen molar-refractivity contribution >= 4 is 41.3 Å². The molecule has 1 saturated carbocycles. The third-order valence-corrected chi connectivity index (χ3v) is 16.1. The molecular formula is C57H89N3O17. The van der Waals surface area contributed by atoms with Gasteiger partial charge in [0, 0.05) is 51.4 Å². The number of fused-ring (bicyclic) bond motifs is 3. The molecule has 20 nitrogen and oxygen atoms in total. The standard InChI is InChI=1S/C57H89N3O17/c1-13-40(9)74-56(68)60(71)45-31-42-24-22-39(8)57(69,76-42)52(64)53(65)59-26-18-17-21-44(59)55(67)75-47(36(5)29-41-23-25-43(48(30-41)72-11)54(66)77-58(10)70)32-46(61)35(4)28-38(7)50(63)51(73-12)49(62)37(6)27-33(2)19-15-14-16-20-34(45)3/h14-16,19-20,28,33,35-37,39-45,47-48,50-51,63,69-71H,13,17-18,21-27,29-32H2,1-12H3/b16-14+,19-15+,34-20+,38-28+/t33-,35-,36-,37-,39-,40?,41+,42+,43-,44+,45-,47+,48-,50-,51+,57-/m1/s1. The summed E-state index contributed by atoms with van der Waals surface area (Å²) < 4.78 is 29.2. The van der Waals surface area contributed by atoms with Crippen molar-refractivity contribution < 1.29 is 82.7 Å². The lowest BCUT2D eigenvalue weighted by Crippen LogP contribution is -2.61. The molecule has 0 radical (unpaired) electrons. The highest BCUT2D eigenvalue weighted by molar-refractivity contribution is 6.39. The molecule has 0 spiro atoms. The normalized spacial score (nSPS) is 36.2. The predicted octanol–water partition coefficient (Wildman–Crippen LogP) is 7.20. The number of ketones is 3. The Morgan fingerprint density at radius 3 is 2.25 bits per heavy atom. The van der Waals surface area contributed by atoms with Crippen LogP contribution in [0.2, 0.25) is 0 Å². The second-order valence-electron chi connectivity index (χ2n) is 22.2. The maximum atomic E-state index is 14.6. The molecule has 3 fully saturated rings. The number of hydrogen-bond donors (Lipinski definition) is 4. The first kappa shape index (κ1) is 64.9. The van der Waals surface area contributed by atoms with Crippen LogP contribution in [-0.2, 0) is 57.3 Å². The van der Waals surface area contributed by atoms with Crippen molar-refractivity contribution in [1.82, 2.24) is 15.2 Å². The Kier molecular flexibility index (Phi) is 25.3. The number of amides is 2. The number of piperidine rings is 1. The number of nitrogens with zero attached hydrogens (tertiary/aromatic N) is 3. The molecule has 2 saturated heterocycles. The molecule has 20 heteroatoms. The fourth-order valence-corrected chi connectivity index (χ4v) is 11.1. The lowest BCUT2D eigenvalue weighted by molar-refractivity contribution is -0.306. The topological polar surface area (TPSA) is 266 Å². The van der Waals surface area contributed by atoms with Gasteiger partial charge in [0.25, 0.3) is 11.7 Å². The molecule has 0 aromatic heterocycles. The van der Waals surface area contributed by atoms with E-state index in [1.807, 2.05) is 26.8 Å². The summed E-state index contributed by atoms with van der Waals surface area (Å²) in [6, 6.07) is -2.34. The molecule has 77 heavy (non-hydrogen) atoms. The quantitative estimate of drug-likeness (QED) is 0.0554. The van der Waals surface area contributed by atoms with Crippen LogP contribution in [0.15, 0.2) is 47.6 Å². The molecule has 3 heterocycles. The molecule has 0 aromatic carbocycles. The highest BCUT2D eigenvalue weighted by atomic mass is 16.9. The number of methoxy groups -OCH3 is 2. The summed E-state index contributed by atoms with van der Waals surface area (Å²) >= 11 is 0. The fourth-order valence-electron chi connectivity index (χ4n) is 11.1. The van der Waals surface area contributed by atoms with Crippen LogP contribution in [-0.4, -0.2) is 159 Å². The summed E-state index contributed by atoms with van der Waals surface area (Å²) in [4.78, 5) is 104. The molecule has 3 aliphatic heterocycles. The minimum absolute atomic E-state index is 0.0217. The number of aliphatic hydroxyl groups is 2. The number of cyclic esters (lactones) is 1.